The van der Waals surface area contributed by atoms with Gasteiger partial charge in [-0.25, -0.2) is 0 Å². The van der Waals surface area contributed by atoms with E-state index in [1.807, 2.05) is 30.3 Å². The van der Waals surface area contributed by atoms with Crippen LogP contribution in [0, 0.1) is 13.8 Å². The number of hydrogen-bond acceptors (Lipinski definition) is 0. The molecule has 0 atom stereocenters. The number of hydrogen-bond donors (Lipinski definition) is 0. The fraction of sp³-hybridized carbons (Fsp3) is 0.100. The van der Waals surface area contributed by atoms with E-state index in [2.05, 4.69) is 44.2 Å². The highest BCUT2D eigenvalue weighted by atomic mass is 35.5. The Morgan fingerprint density at radius 3 is 2.23 bits per heavy atom. The average Bonchev–Trinajstić information content (AvgIpc) is 2.49. The summed E-state index contributed by atoms with van der Waals surface area (Å²) in [5.41, 5.74) is 6.46. The van der Waals surface area contributed by atoms with Gasteiger partial charge in [0.15, 0.2) is 0 Å². The summed E-state index contributed by atoms with van der Waals surface area (Å²) in [5, 5.41) is 1.38. The van der Waals surface area contributed by atoms with Crippen molar-refractivity contribution in [1.82, 2.24) is 0 Å². The standard InChI is InChI=1S/C20H16Cl2/c1-13-6-5-8-15(12-13)17-10-11-18(21)19(20(17)22)16-9-4-3-7-14(16)2/h3-12H,1-2H3. The second-order valence-corrected chi connectivity index (χ2v) is 6.25. The third kappa shape index (κ3) is 2.77. The van der Waals surface area contributed by atoms with E-state index >= 15 is 0 Å². The molecule has 0 aliphatic rings. The molecule has 3 rings (SSSR count). The van der Waals surface area contributed by atoms with E-state index in [9.17, 15) is 0 Å². The van der Waals surface area contributed by atoms with E-state index in [0.717, 1.165) is 27.8 Å². The molecule has 0 fully saturated rings. The van der Waals surface area contributed by atoms with Gasteiger partial charge in [-0.05, 0) is 36.6 Å². The second kappa shape index (κ2) is 6.16. The Bertz CT molecular complexity index is 835. The Kier molecular flexibility index (Phi) is 4.24. The summed E-state index contributed by atoms with van der Waals surface area (Å²) in [6, 6.07) is 20.4. The first-order valence-electron chi connectivity index (χ1n) is 7.19. The summed E-state index contributed by atoms with van der Waals surface area (Å²) >= 11 is 13.2. The minimum Gasteiger partial charge on any atom is -0.0836 e. The molecule has 0 aliphatic carbocycles. The van der Waals surface area contributed by atoms with Crippen LogP contribution in [0.4, 0.5) is 0 Å². The van der Waals surface area contributed by atoms with Crippen LogP contribution < -0.4 is 0 Å². The lowest BCUT2D eigenvalue weighted by molar-refractivity contribution is 1.45. The van der Waals surface area contributed by atoms with Crippen LogP contribution in [0.1, 0.15) is 11.1 Å². The highest BCUT2D eigenvalue weighted by Gasteiger charge is 2.15. The van der Waals surface area contributed by atoms with Crippen LogP contribution in [0.3, 0.4) is 0 Å². The largest absolute Gasteiger partial charge is 0.0836 e. The molecule has 22 heavy (non-hydrogen) atoms. The fourth-order valence-corrected chi connectivity index (χ4v) is 3.37. The normalized spacial score (nSPS) is 10.7. The summed E-state index contributed by atoms with van der Waals surface area (Å²) in [4.78, 5) is 0. The number of aryl methyl sites for hydroxylation is 2. The third-order valence-corrected chi connectivity index (χ3v) is 4.54. The first-order chi connectivity index (χ1) is 10.6. The van der Waals surface area contributed by atoms with Crippen LogP contribution in [-0.4, -0.2) is 0 Å². The zero-order valence-corrected chi connectivity index (χ0v) is 14.0. The van der Waals surface area contributed by atoms with Gasteiger partial charge in [-0.15, -0.1) is 0 Å². The third-order valence-electron chi connectivity index (χ3n) is 3.83. The van der Waals surface area contributed by atoms with Gasteiger partial charge in [0.25, 0.3) is 0 Å². The van der Waals surface area contributed by atoms with E-state index in [1.165, 1.54) is 5.56 Å². The van der Waals surface area contributed by atoms with Gasteiger partial charge in [-0.2, -0.15) is 0 Å². The maximum Gasteiger partial charge on any atom is 0.0577 e. The Labute approximate surface area is 141 Å². The van der Waals surface area contributed by atoms with Crippen molar-refractivity contribution in [1.29, 1.82) is 0 Å². The molecule has 3 aromatic carbocycles. The molecule has 110 valence electrons. The highest BCUT2D eigenvalue weighted by molar-refractivity contribution is 6.41. The van der Waals surface area contributed by atoms with E-state index in [1.54, 1.807) is 0 Å². The van der Waals surface area contributed by atoms with Crippen molar-refractivity contribution in [2.75, 3.05) is 0 Å². The maximum absolute atomic E-state index is 6.72. The minimum absolute atomic E-state index is 0.677. The fourth-order valence-electron chi connectivity index (χ4n) is 2.69. The summed E-state index contributed by atoms with van der Waals surface area (Å²) in [7, 11) is 0. The number of rotatable bonds is 2. The van der Waals surface area contributed by atoms with E-state index in [-0.39, 0.29) is 0 Å². The summed E-state index contributed by atoms with van der Waals surface area (Å²) < 4.78 is 0. The van der Waals surface area contributed by atoms with Crippen molar-refractivity contribution in [3.63, 3.8) is 0 Å². The second-order valence-electron chi connectivity index (χ2n) is 5.47. The van der Waals surface area contributed by atoms with Crippen molar-refractivity contribution in [3.8, 4) is 22.3 Å². The summed E-state index contributed by atoms with van der Waals surface area (Å²) in [6.07, 6.45) is 0. The van der Waals surface area contributed by atoms with Gasteiger partial charge in [-0.1, -0.05) is 83.4 Å². The minimum atomic E-state index is 0.677. The van der Waals surface area contributed by atoms with Crippen LogP contribution >= 0.6 is 23.2 Å². The summed E-state index contributed by atoms with van der Waals surface area (Å²) in [6.45, 7) is 4.15. The number of benzene rings is 3. The Morgan fingerprint density at radius 1 is 0.727 bits per heavy atom. The maximum atomic E-state index is 6.72. The average molecular weight is 327 g/mol. The zero-order valence-electron chi connectivity index (χ0n) is 12.5. The SMILES string of the molecule is Cc1cccc(-c2ccc(Cl)c(-c3ccccc3C)c2Cl)c1. The lowest BCUT2D eigenvalue weighted by atomic mass is 9.95. The molecule has 0 heterocycles. The molecule has 0 bridgehead atoms. The molecular formula is C20H16Cl2. The van der Waals surface area contributed by atoms with Crippen LogP contribution in [0.5, 0.6) is 0 Å². The smallest absolute Gasteiger partial charge is 0.0577 e. The Balaban J connectivity index is 2.25. The molecule has 3 aromatic rings. The molecule has 0 aliphatic heterocycles. The van der Waals surface area contributed by atoms with Gasteiger partial charge in [0, 0.05) is 16.1 Å². The Hall–Kier alpha value is -1.76. The highest BCUT2D eigenvalue weighted by Crippen LogP contribution is 2.42. The zero-order chi connectivity index (χ0) is 15.7. The lowest BCUT2D eigenvalue weighted by Gasteiger charge is -2.14. The molecule has 0 radical (unpaired) electrons. The van der Waals surface area contributed by atoms with E-state index in [0.29, 0.717) is 10.0 Å². The summed E-state index contributed by atoms with van der Waals surface area (Å²) in [5.74, 6) is 0. The van der Waals surface area contributed by atoms with Crippen LogP contribution in [0.2, 0.25) is 10.0 Å². The monoisotopic (exact) mass is 326 g/mol. The van der Waals surface area contributed by atoms with Crippen molar-refractivity contribution in [2.24, 2.45) is 0 Å². The van der Waals surface area contributed by atoms with Crippen molar-refractivity contribution >= 4 is 23.2 Å². The lowest BCUT2D eigenvalue weighted by Crippen LogP contribution is -1.89. The molecule has 0 aromatic heterocycles. The van der Waals surface area contributed by atoms with Crippen LogP contribution in [0.25, 0.3) is 22.3 Å². The van der Waals surface area contributed by atoms with Gasteiger partial charge in [-0.3, -0.25) is 0 Å². The molecule has 0 unspecified atom stereocenters. The first-order valence-corrected chi connectivity index (χ1v) is 7.94. The molecule has 0 spiro atoms. The molecule has 0 amide bonds. The molecular weight excluding hydrogens is 311 g/mol. The molecule has 0 N–H and O–H groups in total. The van der Waals surface area contributed by atoms with Crippen LogP contribution in [-0.2, 0) is 0 Å². The van der Waals surface area contributed by atoms with Crippen LogP contribution in [0.15, 0.2) is 60.7 Å². The van der Waals surface area contributed by atoms with Gasteiger partial charge in [0.05, 0.1) is 5.02 Å². The quantitative estimate of drug-likeness (QED) is 0.478. The molecule has 0 saturated carbocycles. The van der Waals surface area contributed by atoms with Crippen molar-refractivity contribution in [3.05, 3.63) is 81.8 Å². The molecule has 0 saturated heterocycles. The Morgan fingerprint density at radius 2 is 1.50 bits per heavy atom. The van der Waals surface area contributed by atoms with Gasteiger partial charge >= 0.3 is 0 Å². The first kappa shape index (κ1) is 15.1. The van der Waals surface area contributed by atoms with Crippen molar-refractivity contribution < 1.29 is 0 Å². The van der Waals surface area contributed by atoms with E-state index < -0.39 is 0 Å². The molecule has 2 heteroatoms. The van der Waals surface area contributed by atoms with Gasteiger partial charge in [0.2, 0.25) is 0 Å². The van der Waals surface area contributed by atoms with Gasteiger partial charge in [0.1, 0.15) is 0 Å². The number of halogens is 2. The van der Waals surface area contributed by atoms with Gasteiger partial charge < -0.3 is 0 Å². The predicted octanol–water partition coefficient (Wildman–Crippen LogP) is 6.94. The van der Waals surface area contributed by atoms with E-state index in [4.69, 9.17) is 23.2 Å². The predicted molar refractivity (Wildman–Crippen MR) is 96.8 cm³/mol. The molecule has 0 nitrogen and oxygen atoms in total. The van der Waals surface area contributed by atoms with Crippen molar-refractivity contribution in [2.45, 2.75) is 13.8 Å². The topological polar surface area (TPSA) is 0 Å².